The van der Waals surface area contributed by atoms with Gasteiger partial charge in [-0.15, -0.1) is 11.3 Å². The van der Waals surface area contributed by atoms with E-state index in [0.717, 1.165) is 17.5 Å². The lowest BCUT2D eigenvalue weighted by Gasteiger charge is -2.14. The van der Waals surface area contributed by atoms with Gasteiger partial charge in [-0.25, -0.2) is 9.78 Å². The maximum atomic E-state index is 12.9. The van der Waals surface area contributed by atoms with Crippen molar-refractivity contribution in [2.75, 3.05) is 0 Å². The van der Waals surface area contributed by atoms with Gasteiger partial charge in [-0.3, -0.25) is 9.36 Å². The van der Waals surface area contributed by atoms with E-state index in [1.54, 1.807) is 6.92 Å². The molecule has 2 aromatic heterocycles. The van der Waals surface area contributed by atoms with Gasteiger partial charge in [0.25, 0.3) is 5.56 Å². The Bertz CT molecular complexity index is 970. The van der Waals surface area contributed by atoms with Crippen molar-refractivity contribution in [1.29, 1.82) is 0 Å². The third kappa shape index (κ3) is 2.63. The van der Waals surface area contributed by atoms with Crippen LogP contribution in [0.5, 0.6) is 0 Å². The molecule has 1 aromatic carbocycles. The van der Waals surface area contributed by atoms with Crippen LogP contribution < -0.4 is 5.56 Å². The molecule has 6 heteroatoms. The van der Waals surface area contributed by atoms with Gasteiger partial charge in [-0.05, 0) is 31.4 Å². The van der Waals surface area contributed by atoms with E-state index in [-0.39, 0.29) is 5.56 Å². The lowest BCUT2D eigenvalue weighted by Crippen LogP contribution is -2.30. The van der Waals surface area contributed by atoms with Crippen molar-refractivity contribution in [2.45, 2.75) is 33.2 Å². The van der Waals surface area contributed by atoms with E-state index in [4.69, 9.17) is 0 Å². The van der Waals surface area contributed by atoms with Gasteiger partial charge in [0.05, 0.1) is 5.39 Å². The smallest absolute Gasteiger partial charge is 0.326 e. The lowest BCUT2D eigenvalue weighted by atomic mass is 10.0. The molecule has 3 aromatic rings. The Morgan fingerprint density at radius 2 is 2.00 bits per heavy atom. The molecular formula is C18H18N2O3S. The average molecular weight is 342 g/mol. The number of carboxylic acid groups (broad SMARTS) is 1. The summed E-state index contributed by atoms with van der Waals surface area (Å²) in [6, 6.07) is 7.11. The molecule has 0 spiro atoms. The first-order valence-electron chi connectivity index (χ1n) is 7.76. The second-order valence-electron chi connectivity index (χ2n) is 5.73. The van der Waals surface area contributed by atoms with Crippen molar-refractivity contribution < 1.29 is 9.90 Å². The Labute approximate surface area is 143 Å². The summed E-state index contributed by atoms with van der Waals surface area (Å²) < 4.78 is 1.25. The third-order valence-corrected chi connectivity index (χ3v) is 5.11. The predicted molar refractivity (Wildman–Crippen MR) is 95.8 cm³/mol. The van der Waals surface area contributed by atoms with Crippen molar-refractivity contribution in [3.63, 3.8) is 0 Å². The minimum Gasteiger partial charge on any atom is -0.480 e. The van der Waals surface area contributed by atoms with Gasteiger partial charge < -0.3 is 5.11 Å². The van der Waals surface area contributed by atoms with Gasteiger partial charge in [-0.1, -0.05) is 31.2 Å². The molecule has 0 radical (unpaired) electrons. The lowest BCUT2D eigenvalue weighted by molar-refractivity contribution is -0.140. The SMILES string of the molecule is CCc1ccc(-c2csc3nc(C)n(C(C)C(=O)O)c(=O)c23)cc1. The summed E-state index contributed by atoms with van der Waals surface area (Å²) in [7, 11) is 0. The van der Waals surface area contributed by atoms with Crippen LogP contribution in [0, 0.1) is 6.92 Å². The Morgan fingerprint density at radius 3 is 2.58 bits per heavy atom. The number of hydrogen-bond acceptors (Lipinski definition) is 4. The zero-order chi connectivity index (χ0) is 17.4. The number of nitrogens with zero attached hydrogens (tertiary/aromatic N) is 2. The molecule has 124 valence electrons. The molecule has 0 saturated carbocycles. The maximum Gasteiger partial charge on any atom is 0.326 e. The first-order valence-corrected chi connectivity index (χ1v) is 8.64. The minimum atomic E-state index is -1.05. The molecule has 24 heavy (non-hydrogen) atoms. The summed E-state index contributed by atoms with van der Waals surface area (Å²) in [4.78, 5) is 29.3. The summed E-state index contributed by atoms with van der Waals surface area (Å²) in [5.41, 5.74) is 2.67. The first-order chi connectivity index (χ1) is 11.4. The molecule has 5 nitrogen and oxygen atoms in total. The van der Waals surface area contributed by atoms with Crippen LogP contribution in [0.2, 0.25) is 0 Å². The van der Waals surface area contributed by atoms with Crippen molar-refractivity contribution >= 4 is 27.5 Å². The normalized spacial score (nSPS) is 12.5. The van der Waals surface area contributed by atoms with Crippen molar-refractivity contribution in [2.24, 2.45) is 0 Å². The van der Waals surface area contributed by atoms with Crippen LogP contribution in [0.1, 0.15) is 31.3 Å². The molecule has 0 fully saturated rings. The number of carboxylic acids is 1. The largest absolute Gasteiger partial charge is 0.480 e. The molecule has 0 aliphatic carbocycles. The van der Waals surface area contributed by atoms with Gasteiger partial charge in [0, 0.05) is 10.9 Å². The van der Waals surface area contributed by atoms with Crippen molar-refractivity contribution in [3.05, 3.63) is 51.4 Å². The number of carbonyl (C=O) groups is 1. The summed E-state index contributed by atoms with van der Waals surface area (Å²) in [5.74, 6) is -0.637. The summed E-state index contributed by atoms with van der Waals surface area (Å²) >= 11 is 1.40. The van der Waals surface area contributed by atoms with E-state index < -0.39 is 12.0 Å². The van der Waals surface area contributed by atoms with Crippen LogP contribution in [-0.2, 0) is 11.2 Å². The van der Waals surface area contributed by atoms with Crippen LogP contribution in [-0.4, -0.2) is 20.6 Å². The number of aromatic nitrogens is 2. The van der Waals surface area contributed by atoms with E-state index in [1.807, 2.05) is 29.6 Å². The second-order valence-corrected chi connectivity index (χ2v) is 6.59. The number of aryl methyl sites for hydroxylation is 2. The zero-order valence-electron chi connectivity index (χ0n) is 13.7. The zero-order valence-corrected chi connectivity index (χ0v) is 14.6. The standard InChI is InChI=1S/C18H18N2O3S/c1-4-12-5-7-13(8-6-12)14-9-24-16-15(14)17(21)20(11(3)19-16)10(2)18(22)23/h5-10H,4H2,1-3H3,(H,22,23). The van der Waals surface area contributed by atoms with E-state index in [1.165, 1.54) is 28.4 Å². The van der Waals surface area contributed by atoms with Gasteiger partial charge in [-0.2, -0.15) is 0 Å². The Morgan fingerprint density at radius 1 is 1.33 bits per heavy atom. The highest BCUT2D eigenvalue weighted by Crippen LogP contribution is 2.31. The number of fused-ring (bicyclic) bond motifs is 1. The number of hydrogen-bond donors (Lipinski definition) is 1. The van der Waals surface area contributed by atoms with E-state index in [2.05, 4.69) is 11.9 Å². The monoisotopic (exact) mass is 342 g/mol. The number of benzene rings is 1. The van der Waals surface area contributed by atoms with Crippen LogP contribution in [0.4, 0.5) is 0 Å². The maximum absolute atomic E-state index is 12.9. The summed E-state index contributed by atoms with van der Waals surface area (Å²) in [6.45, 7) is 5.25. The third-order valence-electron chi connectivity index (χ3n) is 4.23. The van der Waals surface area contributed by atoms with Gasteiger partial charge in [0.15, 0.2) is 0 Å². The van der Waals surface area contributed by atoms with E-state index in [9.17, 15) is 14.7 Å². The molecule has 1 N–H and O–H groups in total. The number of thiophene rings is 1. The van der Waals surface area contributed by atoms with Gasteiger partial charge in [0.1, 0.15) is 16.7 Å². The molecular weight excluding hydrogens is 324 g/mol. The van der Waals surface area contributed by atoms with Crippen LogP contribution in [0.3, 0.4) is 0 Å². The number of rotatable bonds is 4. The molecule has 3 rings (SSSR count). The Kier molecular flexibility index (Phi) is 4.24. The van der Waals surface area contributed by atoms with Crippen LogP contribution in [0.25, 0.3) is 21.3 Å². The average Bonchev–Trinajstić information content (AvgIpc) is 2.98. The highest BCUT2D eigenvalue weighted by molar-refractivity contribution is 7.17. The predicted octanol–water partition coefficient (Wildman–Crippen LogP) is 3.64. The second kappa shape index (κ2) is 6.20. The van der Waals surface area contributed by atoms with E-state index >= 15 is 0 Å². The van der Waals surface area contributed by atoms with Crippen LogP contribution >= 0.6 is 11.3 Å². The molecule has 0 saturated heterocycles. The van der Waals surface area contributed by atoms with Gasteiger partial charge in [0.2, 0.25) is 0 Å². The molecule has 0 aliphatic rings. The molecule has 1 unspecified atom stereocenters. The first kappa shape index (κ1) is 16.4. The molecule has 2 heterocycles. The quantitative estimate of drug-likeness (QED) is 0.786. The van der Waals surface area contributed by atoms with Crippen molar-refractivity contribution in [1.82, 2.24) is 9.55 Å². The minimum absolute atomic E-state index is 0.303. The highest BCUT2D eigenvalue weighted by atomic mass is 32.1. The van der Waals surface area contributed by atoms with Crippen molar-refractivity contribution in [3.8, 4) is 11.1 Å². The summed E-state index contributed by atoms with van der Waals surface area (Å²) in [6.07, 6.45) is 0.953. The van der Waals surface area contributed by atoms with Crippen LogP contribution in [0.15, 0.2) is 34.4 Å². The van der Waals surface area contributed by atoms with E-state index in [0.29, 0.717) is 16.0 Å². The molecule has 0 aliphatic heterocycles. The molecule has 0 bridgehead atoms. The summed E-state index contributed by atoms with van der Waals surface area (Å²) in [5, 5.41) is 11.7. The fourth-order valence-electron chi connectivity index (χ4n) is 2.80. The fourth-order valence-corrected chi connectivity index (χ4v) is 3.79. The topological polar surface area (TPSA) is 72.2 Å². The fraction of sp³-hybridized carbons (Fsp3) is 0.278. The Hall–Kier alpha value is -2.47. The highest BCUT2D eigenvalue weighted by Gasteiger charge is 2.21. The molecule has 0 amide bonds. The molecule has 1 atom stereocenters. The Balaban J connectivity index is 2.26. The van der Waals surface area contributed by atoms with Gasteiger partial charge >= 0.3 is 5.97 Å². The number of aliphatic carboxylic acids is 1.